The lowest BCUT2D eigenvalue weighted by Gasteiger charge is -2.16. The summed E-state index contributed by atoms with van der Waals surface area (Å²) in [5, 5.41) is 2.88. The van der Waals surface area contributed by atoms with Crippen LogP contribution in [0.15, 0.2) is 54.9 Å². The Morgan fingerprint density at radius 2 is 1.90 bits per heavy atom. The van der Waals surface area contributed by atoms with Gasteiger partial charge in [-0.1, -0.05) is 0 Å². The van der Waals surface area contributed by atoms with Gasteiger partial charge in [-0.3, -0.25) is 9.78 Å². The molecule has 1 aliphatic rings. The van der Waals surface area contributed by atoms with E-state index in [1.165, 1.54) is 0 Å². The zero-order valence-electron chi connectivity index (χ0n) is 16.2. The predicted octanol–water partition coefficient (Wildman–Crippen LogP) is 3.69. The van der Waals surface area contributed by atoms with Crippen LogP contribution < -0.4 is 14.8 Å². The number of rotatable bonds is 5. The molecule has 3 aromatic rings. The third kappa shape index (κ3) is 4.87. The van der Waals surface area contributed by atoms with E-state index < -0.39 is 6.10 Å². The van der Waals surface area contributed by atoms with Crippen LogP contribution >= 0.6 is 0 Å². The van der Waals surface area contributed by atoms with Crippen molar-refractivity contribution in [2.45, 2.75) is 32.3 Å². The van der Waals surface area contributed by atoms with Crippen LogP contribution in [-0.2, 0) is 4.79 Å². The van der Waals surface area contributed by atoms with E-state index in [9.17, 15) is 4.79 Å². The molecule has 0 spiro atoms. The third-order valence-corrected chi connectivity index (χ3v) is 4.56. The lowest BCUT2D eigenvalue weighted by Crippen LogP contribution is -2.36. The van der Waals surface area contributed by atoms with Crippen molar-refractivity contribution >= 4 is 5.91 Å². The van der Waals surface area contributed by atoms with Crippen molar-refractivity contribution in [1.82, 2.24) is 20.3 Å². The molecule has 7 heteroatoms. The Hall–Kier alpha value is -3.48. The SMILES string of the molecule is Cc1cc(Oc2ccc(OC3CCCCNC3=O)cc2)nc(-c2cccnc2)n1. The van der Waals surface area contributed by atoms with Gasteiger partial charge in [0.1, 0.15) is 11.5 Å². The van der Waals surface area contributed by atoms with Gasteiger partial charge in [-0.05, 0) is 62.6 Å². The minimum atomic E-state index is -0.448. The van der Waals surface area contributed by atoms with Gasteiger partial charge < -0.3 is 14.8 Å². The molecule has 2 aromatic heterocycles. The molecule has 0 bridgehead atoms. The second kappa shape index (κ2) is 8.68. The van der Waals surface area contributed by atoms with Crippen LogP contribution in [0.1, 0.15) is 25.0 Å². The second-order valence-corrected chi connectivity index (χ2v) is 6.88. The molecule has 1 atom stereocenters. The van der Waals surface area contributed by atoms with Gasteiger partial charge >= 0.3 is 0 Å². The van der Waals surface area contributed by atoms with E-state index >= 15 is 0 Å². The van der Waals surface area contributed by atoms with Crippen molar-refractivity contribution in [2.75, 3.05) is 6.54 Å². The normalized spacial score (nSPS) is 16.6. The molecule has 1 N–H and O–H groups in total. The van der Waals surface area contributed by atoms with Crippen molar-refractivity contribution < 1.29 is 14.3 Å². The third-order valence-electron chi connectivity index (χ3n) is 4.56. The molecular weight excluding hydrogens is 368 g/mol. The number of ether oxygens (including phenoxy) is 2. The minimum absolute atomic E-state index is 0.0535. The fourth-order valence-corrected chi connectivity index (χ4v) is 3.11. The number of aryl methyl sites for hydroxylation is 1. The standard InChI is InChI=1S/C22H22N4O3/c1-15-13-20(26-21(25-15)16-5-4-11-23-14-16)29-18-9-7-17(8-10-18)28-19-6-2-3-12-24-22(19)27/h4-5,7-11,13-14,19H,2-3,6,12H2,1H3,(H,24,27). The Kier molecular flexibility index (Phi) is 5.65. The zero-order valence-corrected chi connectivity index (χ0v) is 16.2. The Balaban J connectivity index is 1.46. The van der Waals surface area contributed by atoms with Gasteiger partial charge in [-0.2, -0.15) is 4.98 Å². The number of carbonyl (C=O) groups excluding carboxylic acids is 1. The van der Waals surface area contributed by atoms with Crippen LogP contribution in [0, 0.1) is 6.92 Å². The average Bonchev–Trinajstić information content (AvgIpc) is 2.94. The Morgan fingerprint density at radius 3 is 2.69 bits per heavy atom. The molecular formula is C22H22N4O3. The van der Waals surface area contributed by atoms with Crippen molar-refractivity contribution in [2.24, 2.45) is 0 Å². The second-order valence-electron chi connectivity index (χ2n) is 6.88. The van der Waals surface area contributed by atoms with E-state index in [4.69, 9.17) is 9.47 Å². The van der Waals surface area contributed by atoms with Crippen molar-refractivity contribution in [3.8, 4) is 28.8 Å². The number of aromatic nitrogens is 3. The summed E-state index contributed by atoms with van der Waals surface area (Å²) in [6, 6.07) is 12.7. The maximum Gasteiger partial charge on any atom is 0.261 e. The Bertz CT molecular complexity index is 977. The van der Waals surface area contributed by atoms with E-state index in [0.717, 1.165) is 30.5 Å². The molecule has 1 fully saturated rings. The number of nitrogens with zero attached hydrogens (tertiary/aromatic N) is 3. The highest BCUT2D eigenvalue weighted by atomic mass is 16.5. The summed E-state index contributed by atoms with van der Waals surface area (Å²) >= 11 is 0. The quantitative estimate of drug-likeness (QED) is 0.715. The number of benzene rings is 1. The highest BCUT2D eigenvalue weighted by molar-refractivity contribution is 5.81. The monoisotopic (exact) mass is 390 g/mol. The molecule has 1 unspecified atom stereocenters. The van der Waals surface area contributed by atoms with Gasteiger partial charge in [0.2, 0.25) is 5.88 Å². The first-order valence-electron chi connectivity index (χ1n) is 9.66. The first-order valence-corrected chi connectivity index (χ1v) is 9.66. The highest BCUT2D eigenvalue weighted by Gasteiger charge is 2.22. The number of hydrogen-bond acceptors (Lipinski definition) is 6. The summed E-state index contributed by atoms with van der Waals surface area (Å²) in [5.74, 6) is 2.22. The summed E-state index contributed by atoms with van der Waals surface area (Å²) in [6.45, 7) is 2.61. The molecule has 1 saturated heterocycles. The molecule has 0 saturated carbocycles. The summed E-state index contributed by atoms with van der Waals surface area (Å²) in [4.78, 5) is 25.1. The van der Waals surface area contributed by atoms with Crippen LogP contribution in [-0.4, -0.2) is 33.5 Å². The minimum Gasteiger partial charge on any atom is -0.481 e. The summed E-state index contributed by atoms with van der Waals surface area (Å²) in [5.41, 5.74) is 1.62. The smallest absolute Gasteiger partial charge is 0.261 e. The van der Waals surface area contributed by atoms with E-state index in [2.05, 4.69) is 20.3 Å². The van der Waals surface area contributed by atoms with Gasteiger partial charge in [0.25, 0.3) is 5.91 Å². The van der Waals surface area contributed by atoms with E-state index in [1.54, 1.807) is 42.7 Å². The number of hydrogen-bond donors (Lipinski definition) is 1. The topological polar surface area (TPSA) is 86.2 Å². The van der Waals surface area contributed by atoms with Crippen molar-refractivity contribution in [1.29, 1.82) is 0 Å². The zero-order chi connectivity index (χ0) is 20.1. The van der Waals surface area contributed by atoms with Crippen molar-refractivity contribution in [3.63, 3.8) is 0 Å². The van der Waals surface area contributed by atoms with E-state index in [0.29, 0.717) is 29.7 Å². The maximum absolute atomic E-state index is 12.0. The summed E-state index contributed by atoms with van der Waals surface area (Å²) < 4.78 is 11.7. The molecule has 148 valence electrons. The first-order chi connectivity index (χ1) is 14.2. The molecule has 0 radical (unpaired) electrons. The molecule has 3 heterocycles. The first kappa shape index (κ1) is 18.9. The fourth-order valence-electron chi connectivity index (χ4n) is 3.11. The molecule has 1 amide bonds. The molecule has 7 nitrogen and oxygen atoms in total. The lowest BCUT2D eigenvalue weighted by molar-refractivity contribution is -0.127. The number of nitrogens with one attached hydrogen (secondary N) is 1. The summed E-state index contributed by atoms with van der Waals surface area (Å²) in [7, 11) is 0. The van der Waals surface area contributed by atoms with E-state index in [-0.39, 0.29) is 5.91 Å². The molecule has 29 heavy (non-hydrogen) atoms. The molecule has 1 aromatic carbocycles. The molecule has 4 rings (SSSR count). The van der Waals surface area contributed by atoms with Crippen LogP contribution in [0.5, 0.6) is 17.4 Å². The highest BCUT2D eigenvalue weighted by Crippen LogP contribution is 2.26. The Morgan fingerprint density at radius 1 is 1.07 bits per heavy atom. The molecule has 1 aliphatic heterocycles. The maximum atomic E-state index is 12.0. The van der Waals surface area contributed by atoms with Gasteiger partial charge in [0.15, 0.2) is 11.9 Å². The van der Waals surface area contributed by atoms with Gasteiger partial charge in [-0.15, -0.1) is 0 Å². The number of amides is 1. The number of pyridine rings is 1. The van der Waals surface area contributed by atoms with Gasteiger partial charge in [0.05, 0.1) is 0 Å². The van der Waals surface area contributed by atoms with E-state index in [1.807, 2.05) is 19.1 Å². The fraction of sp³-hybridized carbons (Fsp3) is 0.273. The van der Waals surface area contributed by atoms with Gasteiger partial charge in [0, 0.05) is 36.3 Å². The lowest BCUT2D eigenvalue weighted by atomic mass is 10.2. The number of carbonyl (C=O) groups is 1. The van der Waals surface area contributed by atoms with Crippen LogP contribution in [0.3, 0.4) is 0 Å². The van der Waals surface area contributed by atoms with Crippen LogP contribution in [0.2, 0.25) is 0 Å². The van der Waals surface area contributed by atoms with Crippen LogP contribution in [0.4, 0.5) is 0 Å². The van der Waals surface area contributed by atoms with Crippen LogP contribution in [0.25, 0.3) is 11.4 Å². The Labute approximate surface area is 169 Å². The van der Waals surface area contributed by atoms with Crippen molar-refractivity contribution in [3.05, 3.63) is 60.6 Å². The predicted molar refractivity (Wildman–Crippen MR) is 108 cm³/mol. The average molecular weight is 390 g/mol. The largest absolute Gasteiger partial charge is 0.481 e. The summed E-state index contributed by atoms with van der Waals surface area (Å²) in [6.07, 6.45) is 5.65. The van der Waals surface area contributed by atoms with Gasteiger partial charge in [-0.25, -0.2) is 4.98 Å². The molecule has 0 aliphatic carbocycles.